The van der Waals surface area contributed by atoms with Gasteiger partial charge in [0.25, 0.3) is 0 Å². The van der Waals surface area contributed by atoms with Gasteiger partial charge in [-0.15, -0.1) is 45.3 Å². The van der Waals surface area contributed by atoms with E-state index in [2.05, 4.69) is 42.8 Å². The summed E-state index contributed by atoms with van der Waals surface area (Å²) in [6.45, 7) is 7.52. The van der Waals surface area contributed by atoms with Crippen LogP contribution in [-0.2, 0) is 25.7 Å². The van der Waals surface area contributed by atoms with Crippen LogP contribution in [0, 0.1) is 0 Å². The van der Waals surface area contributed by atoms with Crippen molar-refractivity contribution in [2.75, 3.05) is 52.4 Å². The Morgan fingerprint density at radius 3 is 0.889 bits per heavy atom. The molecular formula is C24H32N8S4. The third kappa shape index (κ3) is 7.68. The summed E-state index contributed by atoms with van der Waals surface area (Å²) >= 11 is 6.90. The Kier molecular flexibility index (Phi) is 9.94. The van der Waals surface area contributed by atoms with Crippen LogP contribution in [0.3, 0.4) is 0 Å². The molecule has 4 aromatic rings. The van der Waals surface area contributed by atoms with Gasteiger partial charge in [0.05, 0.1) is 20.0 Å². The molecule has 5 heterocycles. The molecule has 4 aromatic heterocycles. The number of rotatable bonds is 0. The molecule has 36 heavy (non-hydrogen) atoms. The summed E-state index contributed by atoms with van der Waals surface area (Å²) in [6, 6.07) is 0. The Hall–Kier alpha value is -1.64. The molecule has 0 aliphatic carbocycles. The van der Waals surface area contributed by atoms with E-state index in [9.17, 15) is 0 Å². The molecule has 5 rings (SSSR count). The van der Waals surface area contributed by atoms with E-state index in [1.807, 2.05) is 0 Å². The Balaban J connectivity index is 1.14. The van der Waals surface area contributed by atoms with E-state index >= 15 is 0 Å². The molecule has 0 saturated heterocycles. The molecule has 0 unspecified atom stereocenters. The standard InChI is InChI=1S/C24H32N8S4/c1-5-25-9-10-26-6-2-23-31-19(15-35-23)20-16-36-24(32-20)4-8-28-12-11-27-7-3-22-30-18(14-34-22)17-13-33-21(1)29-17/h13-16,25-28H,1-12H2. The molecule has 192 valence electrons. The lowest BCUT2D eigenvalue weighted by molar-refractivity contribution is 0.610. The van der Waals surface area contributed by atoms with Gasteiger partial charge in [-0.2, -0.15) is 0 Å². The molecule has 0 amide bonds. The van der Waals surface area contributed by atoms with Gasteiger partial charge in [-0.05, 0) is 0 Å². The number of hydrogen-bond donors (Lipinski definition) is 4. The quantitative estimate of drug-likeness (QED) is 0.261. The zero-order chi connectivity index (χ0) is 24.4. The van der Waals surface area contributed by atoms with Gasteiger partial charge in [0.2, 0.25) is 0 Å². The number of nitrogens with one attached hydrogen (secondary N) is 4. The number of nitrogens with zero attached hydrogens (tertiary/aromatic N) is 4. The number of hydrogen-bond acceptors (Lipinski definition) is 12. The molecule has 0 atom stereocenters. The molecule has 0 radical (unpaired) electrons. The van der Waals surface area contributed by atoms with E-state index < -0.39 is 0 Å². The first-order valence-corrected chi connectivity index (χ1v) is 16.0. The van der Waals surface area contributed by atoms with Crippen molar-refractivity contribution in [1.29, 1.82) is 0 Å². The smallest absolute Gasteiger partial charge is 0.101 e. The molecule has 0 fully saturated rings. The third-order valence-corrected chi connectivity index (χ3v) is 9.39. The van der Waals surface area contributed by atoms with Crippen LogP contribution in [0.15, 0.2) is 21.5 Å². The van der Waals surface area contributed by atoms with E-state index in [1.165, 1.54) is 0 Å². The summed E-state index contributed by atoms with van der Waals surface area (Å²) < 4.78 is 0. The van der Waals surface area contributed by atoms with Gasteiger partial charge in [0, 0.05) is 99.6 Å². The fraction of sp³-hybridized carbons (Fsp3) is 0.500. The molecule has 1 aliphatic rings. The molecule has 4 N–H and O–H groups in total. The highest BCUT2D eigenvalue weighted by atomic mass is 32.1. The van der Waals surface area contributed by atoms with Crippen LogP contribution >= 0.6 is 45.3 Å². The topological polar surface area (TPSA) is 99.7 Å². The summed E-state index contributed by atoms with van der Waals surface area (Å²) in [6.07, 6.45) is 3.78. The van der Waals surface area contributed by atoms with Crippen molar-refractivity contribution < 1.29 is 0 Å². The van der Waals surface area contributed by atoms with Crippen molar-refractivity contribution in [2.45, 2.75) is 25.7 Å². The fourth-order valence-corrected chi connectivity index (χ4v) is 6.98. The predicted octanol–water partition coefficient (Wildman–Crippen LogP) is 3.09. The van der Waals surface area contributed by atoms with Crippen LogP contribution < -0.4 is 21.3 Å². The SMILES string of the molecule is c1sc2nc1-c1csc(n1)CCNCCNCCc1nc(cs1)-c1csc(n1)CCNCCNCC2. The molecule has 12 heteroatoms. The van der Waals surface area contributed by atoms with Gasteiger partial charge in [-0.25, -0.2) is 19.9 Å². The average molecular weight is 561 g/mol. The van der Waals surface area contributed by atoms with Crippen molar-refractivity contribution in [2.24, 2.45) is 0 Å². The first-order valence-electron chi connectivity index (χ1n) is 12.4. The van der Waals surface area contributed by atoms with Crippen molar-refractivity contribution in [1.82, 2.24) is 41.2 Å². The molecule has 8 bridgehead atoms. The maximum Gasteiger partial charge on any atom is 0.101 e. The number of aromatic nitrogens is 4. The van der Waals surface area contributed by atoms with Crippen LogP contribution in [0.2, 0.25) is 0 Å². The van der Waals surface area contributed by atoms with Crippen molar-refractivity contribution in [3.05, 3.63) is 41.6 Å². The first kappa shape index (κ1) is 26.0. The highest BCUT2D eigenvalue weighted by molar-refractivity contribution is 7.11. The minimum atomic E-state index is 0.933. The van der Waals surface area contributed by atoms with Crippen molar-refractivity contribution in [3.63, 3.8) is 0 Å². The van der Waals surface area contributed by atoms with Crippen molar-refractivity contribution in [3.8, 4) is 22.8 Å². The van der Waals surface area contributed by atoms with Crippen molar-refractivity contribution >= 4 is 45.3 Å². The van der Waals surface area contributed by atoms with Crippen LogP contribution in [-0.4, -0.2) is 72.3 Å². The maximum atomic E-state index is 4.81. The average Bonchev–Trinajstić information content (AvgIpc) is 3.69. The van der Waals surface area contributed by atoms with Gasteiger partial charge in [0.15, 0.2) is 0 Å². The predicted molar refractivity (Wildman–Crippen MR) is 153 cm³/mol. The second-order valence-electron chi connectivity index (χ2n) is 8.51. The van der Waals surface area contributed by atoms with E-state index in [4.69, 9.17) is 19.9 Å². The maximum absolute atomic E-state index is 4.81. The molecular weight excluding hydrogens is 529 g/mol. The summed E-state index contributed by atoms with van der Waals surface area (Å²) in [5.41, 5.74) is 4.01. The zero-order valence-electron chi connectivity index (χ0n) is 20.2. The van der Waals surface area contributed by atoms with Crippen LogP contribution in [0.1, 0.15) is 20.0 Å². The van der Waals surface area contributed by atoms with Crippen LogP contribution in [0.5, 0.6) is 0 Å². The zero-order valence-corrected chi connectivity index (χ0v) is 23.5. The van der Waals surface area contributed by atoms with E-state index in [0.717, 1.165) is 121 Å². The van der Waals surface area contributed by atoms with Gasteiger partial charge < -0.3 is 21.3 Å². The lowest BCUT2D eigenvalue weighted by Crippen LogP contribution is -2.29. The Bertz CT molecular complexity index is 1010. The van der Waals surface area contributed by atoms with Crippen LogP contribution in [0.4, 0.5) is 0 Å². The second kappa shape index (κ2) is 13.8. The van der Waals surface area contributed by atoms with Crippen LogP contribution in [0.25, 0.3) is 22.8 Å². The minimum absolute atomic E-state index is 0.933. The summed E-state index contributed by atoms with van der Waals surface area (Å²) in [4.78, 5) is 19.2. The summed E-state index contributed by atoms with van der Waals surface area (Å²) in [5, 5.41) is 27.2. The monoisotopic (exact) mass is 560 g/mol. The van der Waals surface area contributed by atoms with E-state index in [1.54, 1.807) is 45.3 Å². The normalized spacial score (nSPS) is 17.3. The largest absolute Gasteiger partial charge is 0.315 e. The highest BCUT2D eigenvalue weighted by Crippen LogP contribution is 2.25. The number of fused-ring (bicyclic) bond motifs is 10. The number of thiazole rings is 4. The van der Waals surface area contributed by atoms with Gasteiger partial charge >= 0.3 is 0 Å². The highest BCUT2D eigenvalue weighted by Gasteiger charge is 2.10. The van der Waals surface area contributed by atoms with E-state index in [0.29, 0.717) is 0 Å². The molecule has 0 aromatic carbocycles. The summed E-state index contributed by atoms with van der Waals surface area (Å²) in [5.74, 6) is 0. The molecule has 8 nitrogen and oxygen atoms in total. The van der Waals surface area contributed by atoms with Gasteiger partial charge in [-0.3, -0.25) is 0 Å². The third-order valence-electron chi connectivity index (χ3n) is 5.75. The Morgan fingerprint density at radius 1 is 0.389 bits per heavy atom. The molecule has 0 saturated carbocycles. The van der Waals surface area contributed by atoms with Gasteiger partial charge in [-0.1, -0.05) is 0 Å². The fourth-order valence-electron chi connectivity index (χ4n) is 3.81. The van der Waals surface area contributed by atoms with Gasteiger partial charge in [0.1, 0.15) is 22.8 Å². The molecule has 0 spiro atoms. The lowest BCUT2D eigenvalue weighted by Gasteiger charge is -2.05. The summed E-state index contributed by atoms with van der Waals surface area (Å²) in [7, 11) is 0. The first-order chi connectivity index (χ1) is 17.8. The Morgan fingerprint density at radius 2 is 0.639 bits per heavy atom. The molecule has 1 aliphatic heterocycles. The Labute approximate surface area is 228 Å². The lowest BCUT2D eigenvalue weighted by atomic mass is 10.3. The minimum Gasteiger partial charge on any atom is -0.315 e. The van der Waals surface area contributed by atoms with E-state index in [-0.39, 0.29) is 0 Å². The second-order valence-corrected chi connectivity index (χ2v) is 12.3.